The lowest BCUT2D eigenvalue weighted by molar-refractivity contribution is -0.313. The van der Waals surface area contributed by atoms with Gasteiger partial charge in [-0.2, -0.15) is 0 Å². The number of hydrogen-bond donors (Lipinski definition) is 3. The average Bonchev–Trinajstić information content (AvgIpc) is 3.63. The Morgan fingerprint density at radius 2 is 1.44 bits per heavy atom. The summed E-state index contributed by atoms with van der Waals surface area (Å²) in [6.07, 6.45) is 41.0. The Bertz CT molecular complexity index is 1600. The van der Waals surface area contributed by atoms with Gasteiger partial charge >= 0.3 is 5.97 Å². The van der Waals surface area contributed by atoms with Crippen LogP contribution in [0.25, 0.3) is 0 Å². The van der Waals surface area contributed by atoms with Crippen LogP contribution in [0.3, 0.4) is 0 Å². The molecule has 14 atom stereocenters. The van der Waals surface area contributed by atoms with E-state index >= 15 is 0 Å². The van der Waals surface area contributed by atoms with Crippen LogP contribution >= 0.6 is 0 Å². The number of rotatable bonds is 23. The topological polar surface area (TPSA) is 105 Å². The molecule has 354 valence electrons. The lowest BCUT2D eigenvalue weighted by Gasteiger charge is -2.58. The van der Waals surface area contributed by atoms with Gasteiger partial charge in [-0.25, -0.2) is 0 Å². The summed E-state index contributed by atoms with van der Waals surface area (Å²) in [4.78, 5) is 12.6. The smallest absolute Gasteiger partial charge is 0.305 e. The van der Waals surface area contributed by atoms with Crippen LogP contribution in [-0.2, 0) is 19.0 Å². The zero-order valence-corrected chi connectivity index (χ0v) is 40.4. The summed E-state index contributed by atoms with van der Waals surface area (Å²) in [6.45, 7) is 16.5. The minimum Gasteiger partial charge on any atom is -0.463 e. The summed E-state index contributed by atoms with van der Waals surface area (Å²) in [7, 11) is 0. The van der Waals surface area contributed by atoms with E-state index in [1.54, 1.807) is 0 Å². The molecule has 1 heterocycles. The summed E-state index contributed by atoms with van der Waals surface area (Å²) in [5.74, 6) is 4.47. The van der Waals surface area contributed by atoms with Crippen LogP contribution < -0.4 is 0 Å². The molecular weight excluding hydrogens is 785 g/mol. The fourth-order valence-electron chi connectivity index (χ4n) is 12.0. The molecule has 1 aliphatic heterocycles. The molecule has 7 nitrogen and oxygen atoms in total. The molecule has 0 spiro atoms. The van der Waals surface area contributed by atoms with Crippen molar-refractivity contribution in [3.63, 3.8) is 0 Å². The van der Waals surface area contributed by atoms with E-state index in [2.05, 4.69) is 127 Å². The van der Waals surface area contributed by atoms with Gasteiger partial charge in [-0.05, 0) is 155 Å². The van der Waals surface area contributed by atoms with Crippen LogP contribution in [0.5, 0.6) is 0 Å². The van der Waals surface area contributed by atoms with Crippen LogP contribution in [0, 0.1) is 52.3 Å². The Kier molecular flexibility index (Phi) is 20.7. The normalized spacial score (nSPS) is 35.9. The van der Waals surface area contributed by atoms with Gasteiger partial charge in [0.2, 0.25) is 0 Å². The first kappa shape index (κ1) is 51.4. The molecule has 3 N–H and O–H groups in total. The first-order valence-electron chi connectivity index (χ1n) is 25.4. The summed E-state index contributed by atoms with van der Waals surface area (Å²) in [5, 5.41) is 32.5. The Balaban J connectivity index is 0.997. The number of aliphatic hydroxyl groups is 3. The van der Waals surface area contributed by atoms with Crippen LogP contribution in [-0.4, -0.2) is 64.7 Å². The Morgan fingerprint density at radius 1 is 0.778 bits per heavy atom. The van der Waals surface area contributed by atoms with E-state index in [1.165, 1.54) is 31.3 Å². The highest BCUT2D eigenvalue weighted by atomic mass is 16.7. The molecule has 63 heavy (non-hydrogen) atoms. The number of hydrogen-bond acceptors (Lipinski definition) is 7. The standard InChI is InChI=1S/C56H88O7/c1-8-9-10-11-12-13-14-15-16-17-18-19-20-21-22-23-24-25-26-27-50(57)61-39-49-51(58)52(59)53(60)54(63-49)62-44-34-36-55(6)43(38-44)30-31-45-47-33-32-46(56(47,7)37-35-48(45)55)42(5)29-28-41(4)40(2)3/h9-10,12-13,15-16,18-19,21-22,28-30,40-42,44-49,51-54,58-60H,8,11,14,17,20,23-27,31-39H2,1-7H3/b10-9-,13-12-,16-15-,19-18-,22-21-,29-28+. The van der Waals surface area contributed by atoms with Gasteiger partial charge in [0.25, 0.3) is 0 Å². The van der Waals surface area contributed by atoms with Crippen LogP contribution in [0.4, 0.5) is 0 Å². The fraction of sp³-hybridized carbons (Fsp3) is 0.732. The van der Waals surface area contributed by atoms with Gasteiger partial charge < -0.3 is 29.5 Å². The zero-order chi connectivity index (χ0) is 45.4. The monoisotopic (exact) mass is 873 g/mol. The van der Waals surface area contributed by atoms with Gasteiger partial charge in [0.05, 0.1) is 6.10 Å². The van der Waals surface area contributed by atoms with Crippen molar-refractivity contribution in [2.75, 3.05) is 6.61 Å². The predicted octanol–water partition coefficient (Wildman–Crippen LogP) is 12.5. The van der Waals surface area contributed by atoms with Crippen molar-refractivity contribution >= 4 is 5.97 Å². The minimum atomic E-state index is -1.46. The molecule has 7 heteroatoms. The van der Waals surface area contributed by atoms with Crippen molar-refractivity contribution in [1.82, 2.24) is 0 Å². The average molecular weight is 873 g/mol. The molecule has 14 unspecified atom stereocenters. The SMILES string of the molecule is CC/C=C\C/C=C\C/C=C\C/C=C\C/C=C\CCCCCC(=O)OCC1OC(OC2CCC3(C)C(=CCC4C3CCC3(C)C(C(C)/C=C/C(C)C(C)C)CCC43)C2)C(O)C(O)C1O. The van der Waals surface area contributed by atoms with Gasteiger partial charge in [-0.3, -0.25) is 4.79 Å². The van der Waals surface area contributed by atoms with Crippen molar-refractivity contribution in [2.24, 2.45) is 52.3 Å². The highest BCUT2D eigenvalue weighted by Gasteiger charge is 2.59. The third-order valence-electron chi connectivity index (χ3n) is 16.3. The third-order valence-corrected chi connectivity index (χ3v) is 16.3. The summed E-state index contributed by atoms with van der Waals surface area (Å²) in [5.41, 5.74) is 2.02. The number of carbonyl (C=O) groups excluding carboxylic acids is 1. The van der Waals surface area contributed by atoms with Crippen LogP contribution in [0.2, 0.25) is 0 Å². The summed E-state index contributed by atoms with van der Waals surface area (Å²) in [6, 6.07) is 0. The fourth-order valence-corrected chi connectivity index (χ4v) is 12.0. The van der Waals surface area contributed by atoms with Crippen molar-refractivity contribution in [3.8, 4) is 0 Å². The molecule has 4 aliphatic carbocycles. The second kappa shape index (κ2) is 25.4. The molecule has 0 aromatic carbocycles. The van der Waals surface area contributed by atoms with Gasteiger partial charge in [-0.15, -0.1) is 0 Å². The molecular formula is C56H88O7. The Hall–Kier alpha value is -2.55. The lowest BCUT2D eigenvalue weighted by Crippen LogP contribution is -2.60. The number of ether oxygens (including phenoxy) is 3. The predicted molar refractivity (Wildman–Crippen MR) is 258 cm³/mol. The van der Waals surface area contributed by atoms with E-state index in [9.17, 15) is 20.1 Å². The molecule has 5 rings (SSSR count). The molecule has 0 aromatic rings. The molecule has 5 aliphatic rings. The number of unbranched alkanes of at least 4 members (excludes halogenated alkanes) is 3. The van der Waals surface area contributed by atoms with Gasteiger partial charge in [0.1, 0.15) is 31.0 Å². The van der Waals surface area contributed by atoms with Crippen molar-refractivity contribution in [2.45, 2.75) is 201 Å². The van der Waals surface area contributed by atoms with Gasteiger partial charge in [-0.1, -0.05) is 139 Å². The van der Waals surface area contributed by atoms with Crippen LogP contribution in [0.15, 0.2) is 84.6 Å². The van der Waals surface area contributed by atoms with E-state index in [4.69, 9.17) is 14.2 Å². The molecule has 0 amide bonds. The molecule has 1 saturated heterocycles. The Labute approximate surface area is 383 Å². The number of allylic oxidation sites excluding steroid dienone is 13. The molecule has 0 bridgehead atoms. The highest BCUT2D eigenvalue weighted by Crippen LogP contribution is 2.67. The number of aliphatic hydroxyl groups excluding tert-OH is 3. The van der Waals surface area contributed by atoms with Crippen molar-refractivity contribution in [3.05, 3.63) is 84.6 Å². The van der Waals surface area contributed by atoms with E-state index in [1.807, 2.05) is 0 Å². The minimum absolute atomic E-state index is 0.147. The van der Waals surface area contributed by atoms with E-state index in [-0.39, 0.29) is 30.5 Å². The zero-order valence-electron chi connectivity index (χ0n) is 40.4. The number of esters is 1. The van der Waals surface area contributed by atoms with Crippen molar-refractivity contribution < 1.29 is 34.3 Å². The maximum atomic E-state index is 12.6. The maximum absolute atomic E-state index is 12.6. The quantitative estimate of drug-likeness (QED) is 0.0533. The summed E-state index contributed by atoms with van der Waals surface area (Å²) >= 11 is 0. The highest BCUT2D eigenvalue weighted by molar-refractivity contribution is 5.69. The van der Waals surface area contributed by atoms with Gasteiger partial charge in [0.15, 0.2) is 6.29 Å². The molecule has 0 radical (unpaired) electrons. The molecule has 0 aromatic heterocycles. The van der Waals surface area contributed by atoms with Crippen molar-refractivity contribution in [1.29, 1.82) is 0 Å². The lowest BCUT2D eigenvalue weighted by atomic mass is 9.47. The second-order valence-electron chi connectivity index (χ2n) is 20.8. The molecule has 3 saturated carbocycles. The van der Waals surface area contributed by atoms with Gasteiger partial charge in [0, 0.05) is 6.42 Å². The number of fused-ring (bicyclic) bond motifs is 5. The number of carbonyl (C=O) groups is 1. The molecule has 4 fully saturated rings. The second-order valence-corrected chi connectivity index (χ2v) is 20.8. The Morgan fingerprint density at radius 3 is 2.11 bits per heavy atom. The van der Waals surface area contributed by atoms with Crippen LogP contribution in [0.1, 0.15) is 164 Å². The first-order valence-corrected chi connectivity index (χ1v) is 25.4. The summed E-state index contributed by atoms with van der Waals surface area (Å²) < 4.78 is 18.0. The third kappa shape index (κ3) is 14.0. The van der Waals surface area contributed by atoms with E-state index in [0.717, 1.165) is 101 Å². The van der Waals surface area contributed by atoms with E-state index in [0.29, 0.717) is 29.1 Å². The maximum Gasteiger partial charge on any atom is 0.305 e. The first-order chi connectivity index (χ1) is 30.3. The largest absolute Gasteiger partial charge is 0.463 e. The van der Waals surface area contributed by atoms with E-state index < -0.39 is 30.7 Å².